The van der Waals surface area contributed by atoms with Gasteiger partial charge in [0.25, 0.3) is 0 Å². The number of amides is 2. The molecule has 0 spiro atoms. The smallest absolute Gasteiger partial charge is 0.243 e. The quantitative estimate of drug-likeness (QED) is 0.667. The summed E-state index contributed by atoms with van der Waals surface area (Å²) >= 11 is 0. The normalized spacial score (nSPS) is 19.0. The second-order valence-corrected chi connectivity index (χ2v) is 7.44. The zero-order valence-corrected chi connectivity index (χ0v) is 16.1. The lowest BCUT2D eigenvalue weighted by molar-refractivity contribution is -0.128. The van der Waals surface area contributed by atoms with E-state index in [4.69, 9.17) is 4.74 Å². The molecule has 1 saturated heterocycles. The van der Waals surface area contributed by atoms with E-state index in [1.807, 2.05) is 37.4 Å². The van der Waals surface area contributed by atoms with Gasteiger partial charge in [-0.15, -0.1) is 0 Å². The van der Waals surface area contributed by atoms with Crippen molar-refractivity contribution < 1.29 is 14.3 Å². The van der Waals surface area contributed by atoms with Crippen LogP contribution in [0.5, 0.6) is 0 Å². The molecule has 27 heavy (non-hydrogen) atoms. The molecule has 3 N–H and O–H groups in total. The molecule has 3 atom stereocenters. The Morgan fingerprint density at radius 3 is 2.85 bits per heavy atom. The molecule has 1 aliphatic heterocycles. The molecule has 0 aliphatic carbocycles. The first-order valence-electron chi connectivity index (χ1n) is 9.77. The number of carbonyl (C=O) groups is 2. The predicted molar refractivity (Wildman–Crippen MR) is 105 cm³/mol. The number of aromatic amines is 1. The van der Waals surface area contributed by atoms with E-state index in [0.29, 0.717) is 12.5 Å². The van der Waals surface area contributed by atoms with E-state index in [1.165, 1.54) is 6.92 Å². The van der Waals surface area contributed by atoms with Gasteiger partial charge in [0.05, 0.1) is 6.10 Å². The van der Waals surface area contributed by atoms with Gasteiger partial charge in [-0.2, -0.15) is 0 Å². The molecule has 0 saturated carbocycles. The summed E-state index contributed by atoms with van der Waals surface area (Å²) in [4.78, 5) is 27.6. The van der Waals surface area contributed by atoms with Gasteiger partial charge in [0.2, 0.25) is 11.8 Å². The molecule has 2 amide bonds. The maximum absolute atomic E-state index is 12.8. The van der Waals surface area contributed by atoms with Crippen LogP contribution >= 0.6 is 0 Å². The van der Waals surface area contributed by atoms with Crippen LogP contribution in [0.15, 0.2) is 30.5 Å². The Morgan fingerprint density at radius 1 is 1.30 bits per heavy atom. The van der Waals surface area contributed by atoms with Crippen molar-refractivity contribution in [1.82, 2.24) is 15.6 Å². The number of ether oxygens (including phenoxy) is 1. The van der Waals surface area contributed by atoms with E-state index < -0.39 is 6.04 Å². The summed E-state index contributed by atoms with van der Waals surface area (Å²) < 4.78 is 5.65. The lowest BCUT2D eigenvalue weighted by Crippen LogP contribution is -2.49. The van der Waals surface area contributed by atoms with Crippen molar-refractivity contribution in [1.29, 1.82) is 0 Å². The van der Waals surface area contributed by atoms with Crippen molar-refractivity contribution in [2.24, 2.45) is 0 Å². The van der Waals surface area contributed by atoms with Gasteiger partial charge in [-0.1, -0.05) is 18.2 Å². The number of fused-ring (bicyclic) bond motifs is 1. The Bertz CT molecular complexity index is 780. The minimum absolute atomic E-state index is 0.0425. The number of aromatic nitrogens is 1. The molecule has 2 heterocycles. The van der Waals surface area contributed by atoms with Crippen LogP contribution in [0.3, 0.4) is 0 Å². The van der Waals surface area contributed by atoms with E-state index in [9.17, 15) is 9.59 Å². The Kier molecular flexibility index (Phi) is 6.50. The van der Waals surface area contributed by atoms with Crippen LogP contribution in [-0.2, 0) is 20.7 Å². The van der Waals surface area contributed by atoms with Gasteiger partial charge >= 0.3 is 0 Å². The van der Waals surface area contributed by atoms with Gasteiger partial charge in [0.1, 0.15) is 6.04 Å². The fourth-order valence-electron chi connectivity index (χ4n) is 3.70. The molecular weight excluding hydrogens is 342 g/mol. The average Bonchev–Trinajstić information content (AvgIpc) is 3.29. The molecule has 3 rings (SSSR count). The summed E-state index contributed by atoms with van der Waals surface area (Å²) in [6.45, 7) is 4.29. The van der Waals surface area contributed by atoms with Crippen LogP contribution in [0, 0.1) is 0 Å². The standard InChI is InChI=1S/C21H29N3O3/c1-14(9-10-17-6-5-11-27-17)23-21(26)20(24-15(2)25)12-16-13-22-19-8-4-3-7-18(16)19/h3-4,7-8,13-14,17,20,22H,5-6,9-12H2,1-2H3,(H,23,26)(H,24,25)/t14-,17+,20-/m1/s1. The highest BCUT2D eigenvalue weighted by molar-refractivity contribution is 5.89. The minimum atomic E-state index is -0.591. The van der Waals surface area contributed by atoms with Gasteiger partial charge < -0.3 is 20.4 Å². The van der Waals surface area contributed by atoms with Crippen LogP contribution in [0.1, 0.15) is 45.1 Å². The van der Waals surface area contributed by atoms with Crippen molar-refractivity contribution in [3.63, 3.8) is 0 Å². The molecule has 1 fully saturated rings. The van der Waals surface area contributed by atoms with E-state index in [-0.39, 0.29) is 17.9 Å². The third-order valence-corrected chi connectivity index (χ3v) is 5.13. The van der Waals surface area contributed by atoms with Crippen molar-refractivity contribution in [2.45, 2.75) is 64.1 Å². The SMILES string of the molecule is CC(=O)N[C@H](Cc1c[nH]c2ccccc12)C(=O)N[C@H](C)CC[C@@H]1CCCO1. The van der Waals surface area contributed by atoms with E-state index in [0.717, 1.165) is 48.8 Å². The number of para-hydroxylation sites is 1. The third kappa shape index (κ3) is 5.32. The first-order valence-corrected chi connectivity index (χ1v) is 9.77. The summed E-state index contributed by atoms with van der Waals surface area (Å²) in [5.74, 6) is -0.350. The van der Waals surface area contributed by atoms with Crippen molar-refractivity contribution in [3.05, 3.63) is 36.0 Å². The fourth-order valence-corrected chi connectivity index (χ4v) is 3.70. The second-order valence-electron chi connectivity index (χ2n) is 7.44. The fraction of sp³-hybridized carbons (Fsp3) is 0.524. The highest BCUT2D eigenvalue weighted by Crippen LogP contribution is 2.20. The molecule has 1 aliphatic rings. The minimum Gasteiger partial charge on any atom is -0.378 e. The molecule has 0 bridgehead atoms. The molecule has 1 aromatic carbocycles. The maximum Gasteiger partial charge on any atom is 0.243 e. The van der Waals surface area contributed by atoms with Gasteiger partial charge in [-0.3, -0.25) is 9.59 Å². The number of carbonyl (C=O) groups excluding carboxylic acids is 2. The zero-order chi connectivity index (χ0) is 19.2. The van der Waals surface area contributed by atoms with E-state index in [1.54, 1.807) is 0 Å². The maximum atomic E-state index is 12.8. The van der Waals surface area contributed by atoms with Crippen molar-refractivity contribution in [2.75, 3.05) is 6.61 Å². The first kappa shape index (κ1) is 19.4. The molecule has 0 unspecified atom stereocenters. The van der Waals surface area contributed by atoms with Gasteiger partial charge in [-0.25, -0.2) is 0 Å². The molecule has 6 heteroatoms. The van der Waals surface area contributed by atoms with E-state index >= 15 is 0 Å². The molecule has 0 radical (unpaired) electrons. The number of hydrogen-bond acceptors (Lipinski definition) is 3. The molecule has 146 valence electrons. The largest absolute Gasteiger partial charge is 0.378 e. The predicted octanol–water partition coefficient (Wildman–Crippen LogP) is 2.68. The summed E-state index contributed by atoms with van der Waals surface area (Å²) in [6.07, 6.45) is 6.74. The van der Waals surface area contributed by atoms with Crippen molar-refractivity contribution in [3.8, 4) is 0 Å². The monoisotopic (exact) mass is 371 g/mol. The zero-order valence-electron chi connectivity index (χ0n) is 16.1. The lowest BCUT2D eigenvalue weighted by atomic mass is 10.0. The number of benzene rings is 1. The summed E-state index contributed by atoms with van der Waals surface area (Å²) in [7, 11) is 0. The molecule has 6 nitrogen and oxygen atoms in total. The van der Waals surface area contributed by atoms with Gasteiger partial charge in [0, 0.05) is 43.1 Å². The third-order valence-electron chi connectivity index (χ3n) is 5.13. The molecular formula is C21H29N3O3. The summed E-state index contributed by atoms with van der Waals surface area (Å²) in [5.41, 5.74) is 2.05. The van der Waals surface area contributed by atoms with Crippen LogP contribution in [0.4, 0.5) is 0 Å². The van der Waals surface area contributed by atoms with Gasteiger partial charge in [0.15, 0.2) is 0 Å². The van der Waals surface area contributed by atoms with Crippen LogP contribution in [-0.4, -0.2) is 41.6 Å². The average molecular weight is 371 g/mol. The Morgan fingerprint density at radius 2 is 2.11 bits per heavy atom. The number of rotatable bonds is 8. The topological polar surface area (TPSA) is 83.2 Å². The number of H-pyrrole nitrogens is 1. The highest BCUT2D eigenvalue weighted by atomic mass is 16.5. The Labute approximate surface area is 160 Å². The summed E-state index contributed by atoms with van der Waals surface area (Å²) in [5, 5.41) is 6.92. The van der Waals surface area contributed by atoms with Gasteiger partial charge in [-0.05, 0) is 44.2 Å². The highest BCUT2D eigenvalue weighted by Gasteiger charge is 2.23. The second kappa shape index (κ2) is 9.04. The van der Waals surface area contributed by atoms with Crippen LogP contribution in [0.2, 0.25) is 0 Å². The molecule has 1 aromatic heterocycles. The molecule has 2 aromatic rings. The number of hydrogen-bond donors (Lipinski definition) is 3. The Balaban J connectivity index is 1.60. The van der Waals surface area contributed by atoms with Crippen LogP contribution < -0.4 is 10.6 Å². The van der Waals surface area contributed by atoms with Crippen LogP contribution in [0.25, 0.3) is 10.9 Å². The number of nitrogens with one attached hydrogen (secondary N) is 3. The summed E-state index contributed by atoms with van der Waals surface area (Å²) in [6, 6.07) is 7.41. The van der Waals surface area contributed by atoms with Crippen molar-refractivity contribution >= 4 is 22.7 Å². The lowest BCUT2D eigenvalue weighted by Gasteiger charge is -2.21. The Hall–Kier alpha value is -2.34. The van der Waals surface area contributed by atoms with E-state index in [2.05, 4.69) is 15.6 Å². The first-order chi connectivity index (χ1) is 13.0.